The molecule has 3 aromatic rings. The first-order chi connectivity index (χ1) is 19.7. The number of aromatic nitrogens is 1. The molecule has 2 bridgehead atoms. The van der Waals surface area contributed by atoms with Crippen LogP contribution in [-0.2, 0) is 16.6 Å². The Balaban J connectivity index is 1.68. The SMILES string of the molecule is CCCCC(CCC)c1c2n(c3cc(C(=O)NS(=O)(=O)c4ccccc4)ccc13)C[C@@H](O)[C@@H](O)C1=NC=CC=C2C1. The van der Waals surface area contributed by atoms with E-state index < -0.39 is 28.1 Å². The van der Waals surface area contributed by atoms with E-state index in [1.807, 2.05) is 22.8 Å². The first kappa shape index (κ1) is 29.0. The molecule has 0 saturated heterocycles. The van der Waals surface area contributed by atoms with Gasteiger partial charge in [-0.15, -0.1) is 0 Å². The van der Waals surface area contributed by atoms with Gasteiger partial charge in [0.05, 0.1) is 17.2 Å². The zero-order chi connectivity index (χ0) is 29.1. The fraction of sp³-hybridized carbons (Fsp3) is 0.375. The van der Waals surface area contributed by atoms with Gasteiger partial charge in [-0.25, -0.2) is 13.1 Å². The third kappa shape index (κ3) is 5.80. The second-order valence-corrected chi connectivity index (χ2v) is 12.5. The maximum Gasteiger partial charge on any atom is 0.265 e. The molecule has 1 amide bonds. The summed E-state index contributed by atoms with van der Waals surface area (Å²) in [5.41, 5.74) is 4.58. The number of carbonyl (C=O) groups excluding carboxylic acids is 1. The predicted octanol–water partition coefficient (Wildman–Crippen LogP) is 5.31. The fourth-order valence-corrected chi connectivity index (χ4v) is 6.98. The van der Waals surface area contributed by atoms with Crippen LogP contribution >= 0.6 is 0 Å². The van der Waals surface area contributed by atoms with Crippen molar-refractivity contribution in [3.63, 3.8) is 0 Å². The highest BCUT2D eigenvalue weighted by Crippen LogP contribution is 2.43. The lowest BCUT2D eigenvalue weighted by Gasteiger charge is -2.27. The van der Waals surface area contributed by atoms with Crippen LogP contribution in [0.1, 0.15) is 79.9 Å². The van der Waals surface area contributed by atoms with Gasteiger partial charge < -0.3 is 14.8 Å². The van der Waals surface area contributed by atoms with E-state index in [2.05, 4.69) is 23.6 Å². The molecule has 1 aromatic heterocycles. The van der Waals surface area contributed by atoms with Gasteiger partial charge in [0, 0.05) is 34.8 Å². The Hall–Kier alpha value is -3.53. The zero-order valence-electron chi connectivity index (χ0n) is 23.5. The number of rotatable bonds is 9. The molecule has 0 radical (unpaired) electrons. The van der Waals surface area contributed by atoms with Crippen molar-refractivity contribution in [1.82, 2.24) is 9.29 Å². The molecule has 9 heteroatoms. The van der Waals surface area contributed by atoms with Gasteiger partial charge in [0.1, 0.15) is 12.2 Å². The number of unbranched alkanes of at least 4 members (excludes halogenated alkanes) is 1. The Kier molecular flexibility index (Phi) is 8.58. The van der Waals surface area contributed by atoms with Gasteiger partial charge in [0.2, 0.25) is 0 Å². The number of aliphatic hydroxyl groups excluding tert-OH is 2. The van der Waals surface area contributed by atoms with Crippen LogP contribution in [0.4, 0.5) is 0 Å². The molecule has 0 fully saturated rings. The molecule has 1 unspecified atom stereocenters. The summed E-state index contributed by atoms with van der Waals surface area (Å²) in [6.07, 6.45) is 8.79. The van der Waals surface area contributed by atoms with E-state index >= 15 is 0 Å². The van der Waals surface area contributed by atoms with Crippen molar-refractivity contribution in [1.29, 1.82) is 0 Å². The monoisotopic (exact) mass is 575 g/mol. The molecule has 216 valence electrons. The van der Waals surface area contributed by atoms with Gasteiger partial charge in [-0.3, -0.25) is 9.79 Å². The van der Waals surface area contributed by atoms with Crippen molar-refractivity contribution in [3.8, 4) is 0 Å². The van der Waals surface area contributed by atoms with Crippen LogP contribution in [0.5, 0.6) is 0 Å². The van der Waals surface area contributed by atoms with Crippen LogP contribution in [0.25, 0.3) is 16.5 Å². The topological polar surface area (TPSA) is 121 Å². The molecule has 0 aliphatic carbocycles. The minimum absolute atomic E-state index is 0.00535. The number of aliphatic imine (C=N–C) groups is 1. The largest absolute Gasteiger partial charge is 0.388 e. The summed E-state index contributed by atoms with van der Waals surface area (Å²) in [7, 11) is -4.06. The first-order valence-corrected chi connectivity index (χ1v) is 15.8. The molecular weight excluding hydrogens is 538 g/mol. The lowest BCUT2D eigenvalue weighted by molar-refractivity contribution is 0.0474. The number of allylic oxidation sites excluding steroid dienone is 3. The number of carbonyl (C=O) groups is 1. The van der Waals surface area contributed by atoms with Crippen LogP contribution in [0.15, 0.2) is 76.8 Å². The molecular formula is C32H37N3O5S. The number of nitrogens with one attached hydrogen (secondary N) is 1. The number of nitrogens with zero attached hydrogens (tertiary/aromatic N) is 2. The van der Waals surface area contributed by atoms with Crippen molar-refractivity contribution in [2.75, 3.05) is 0 Å². The minimum Gasteiger partial charge on any atom is -0.388 e. The average Bonchev–Trinajstić information content (AvgIpc) is 3.10. The minimum atomic E-state index is -4.06. The summed E-state index contributed by atoms with van der Waals surface area (Å²) < 4.78 is 29.9. The maximum absolute atomic E-state index is 13.3. The fourth-order valence-electron chi connectivity index (χ4n) is 5.99. The molecule has 3 N–H and O–H groups in total. The summed E-state index contributed by atoms with van der Waals surface area (Å²) in [5.74, 6) is -0.478. The summed E-state index contributed by atoms with van der Waals surface area (Å²) >= 11 is 0. The molecule has 2 aliphatic heterocycles. The van der Waals surface area contributed by atoms with E-state index in [1.54, 1.807) is 36.5 Å². The zero-order valence-corrected chi connectivity index (χ0v) is 24.3. The van der Waals surface area contributed by atoms with E-state index in [0.29, 0.717) is 12.1 Å². The molecule has 8 nitrogen and oxygen atoms in total. The number of benzene rings is 2. The summed E-state index contributed by atoms with van der Waals surface area (Å²) in [6.45, 7) is 4.46. The molecule has 0 saturated carbocycles. The number of hydrogen-bond acceptors (Lipinski definition) is 6. The van der Waals surface area contributed by atoms with E-state index in [4.69, 9.17) is 0 Å². The number of hydrogen-bond donors (Lipinski definition) is 3. The molecule has 3 atom stereocenters. The van der Waals surface area contributed by atoms with Crippen LogP contribution in [0, 0.1) is 0 Å². The summed E-state index contributed by atoms with van der Waals surface area (Å²) in [6, 6.07) is 13.0. The maximum atomic E-state index is 13.3. The molecule has 5 rings (SSSR count). The second kappa shape index (κ2) is 12.1. The van der Waals surface area contributed by atoms with Crippen molar-refractivity contribution < 1.29 is 23.4 Å². The van der Waals surface area contributed by atoms with Gasteiger partial charge in [0.25, 0.3) is 15.9 Å². The van der Waals surface area contributed by atoms with Crippen LogP contribution in [0.2, 0.25) is 0 Å². The van der Waals surface area contributed by atoms with Crippen molar-refractivity contribution in [2.24, 2.45) is 4.99 Å². The van der Waals surface area contributed by atoms with Gasteiger partial charge in [-0.2, -0.15) is 0 Å². The lowest BCUT2D eigenvalue weighted by Crippen LogP contribution is -2.39. The number of sulfonamides is 1. The van der Waals surface area contributed by atoms with Gasteiger partial charge in [0.15, 0.2) is 0 Å². The Morgan fingerprint density at radius 1 is 1.10 bits per heavy atom. The first-order valence-electron chi connectivity index (χ1n) is 14.3. The highest BCUT2D eigenvalue weighted by molar-refractivity contribution is 7.90. The molecule has 41 heavy (non-hydrogen) atoms. The second-order valence-electron chi connectivity index (χ2n) is 10.8. The Morgan fingerprint density at radius 3 is 2.61 bits per heavy atom. The van der Waals surface area contributed by atoms with Crippen molar-refractivity contribution in [3.05, 3.63) is 83.7 Å². The number of amides is 1. The van der Waals surface area contributed by atoms with Gasteiger partial charge >= 0.3 is 0 Å². The van der Waals surface area contributed by atoms with E-state index in [0.717, 1.165) is 54.3 Å². The van der Waals surface area contributed by atoms with Crippen molar-refractivity contribution >= 4 is 38.1 Å². The Labute approximate surface area is 241 Å². The van der Waals surface area contributed by atoms with E-state index in [1.165, 1.54) is 17.7 Å². The lowest BCUT2D eigenvalue weighted by atomic mass is 9.84. The average molecular weight is 576 g/mol. The normalized spacial score (nSPS) is 19.4. The molecule has 3 heterocycles. The predicted molar refractivity (Wildman–Crippen MR) is 161 cm³/mol. The number of fused-ring (bicyclic) bond motifs is 6. The van der Waals surface area contributed by atoms with Gasteiger partial charge in [-0.05, 0) is 60.2 Å². The number of aliphatic hydroxyl groups is 2. The highest BCUT2D eigenvalue weighted by atomic mass is 32.2. The molecule has 2 aromatic carbocycles. The summed E-state index contributed by atoms with van der Waals surface area (Å²) in [5, 5.41) is 23.0. The summed E-state index contributed by atoms with van der Waals surface area (Å²) in [4.78, 5) is 17.7. The standard InChI is InChI=1S/C32H37N3O5S/c1-3-5-11-21(10-4-2)29-25-16-15-23(32(38)34-41(39,40)24-13-7-6-8-14-24)19-27(25)35-20-28(36)31(37)26-18-22(30(29)35)12-9-17-33-26/h6-9,12-17,19,21,28,31,36-37H,3-5,10-11,18,20H2,1-2H3,(H,34,38)/t21?,28-,31+/m1/s1. The third-order valence-electron chi connectivity index (χ3n) is 7.97. The molecule has 2 aliphatic rings. The van der Waals surface area contributed by atoms with E-state index in [-0.39, 0.29) is 22.9 Å². The van der Waals surface area contributed by atoms with Crippen LogP contribution in [-0.4, -0.2) is 47.0 Å². The van der Waals surface area contributed by atoms with E-state index in [9.17, 15) is 23.4 Å². The highest BCUT2D eigenvalue weighted by Gasteiger charge is 2.33. The smallest absolute Gasteiger partial charge is 0.265 e. The quantitative estimate of drug-likeness (QED) is 0.319. The Bertz CT molecular complexity index is 1640. The van der Waals surface area contributed by atoms with Crippen LogP contribution < -0.4 is 4.72 Å². The Morgan fingerprint density at radius 2 is 1.88 bits per heavy atom. The van der Waals surface area contributed by atoms with Crippen molar-refractivity contribution in [2.45, 2.75) is 81.9 Å². The molecule has 0 spiro atoms. The third-order valence-corrected chi connectivity index (χ3v) is 9.32. The van der Waals surface area contributed by atoms with Crippen LogP contribution in [0.3, 0.4) is 0 Å². The van der Waals surface area contributed by atoms with Gasteiger partial charge in [-0.1, -0.05) is 63.5 Å².